The number of ether oxygens (including phenoxy) is 2. The van der Waals surface area contributed by atoms with Gasteiger partial charge in [-0.2, -0.15) is 0 Å². The van der Waals surface area contributed by atoms with Crippen LogP contribution in [0, 0.1) is 0 Å². The SMILES string of the molecule is COc1cc2c(cc1OC)NCN(C)C2. The van der Waals surface area contributed by atoms with Crippen molar-refractivity contribution in [2.45, 2.75) is 6.54 Å². The lowest BCUT2D eigenvalue weighted by Crippen LogP contribution is -2.29. The molecule has 0 fully saturated rings. The quantitative estimate of drug-likeness (QED) is 0.799. The first-order valence-corrected chi connectivity index (χ1v) is 4.92. The number of methoxy groups -OCH3 is 2. The van der Waals surface area contributed by atoms with Crippen molar-refractivity contribution in [2.75, 3.05) is 33.3 Å². The lowest BCUT2D eigenvalue weighted by molar-refractivity contribution is 0.332. The highest BCUT2D eigenvalue weighted by Crippen LogP contribution is 2.35. The molecule has 0 saturated carbocycles. The van der Waals surface area contributed by atoms with E-state index in [1.165, 1.54) is 5.56 Å². The molecule has 1 N–H and O–H groups in total. The lowest BCUT2D eigenvalue weighted by Gasteiger charge is -2.27. The maximum absolute atomic E-state index is 5.27. The smallest absolute Gasteiger partial charge is 0.162 e. The molecule has 0 unspecified atom stereocenters. The molecule has 1 aliphatic heterocycles. The van der Waals surface area contributed by atoms with Gasteiger partial charge in [-0.25, -0.2) is 0 Å². The number of benzene rings is 1. The topological polar surface area (TPSA) is 33.7 Å². The van der Waals surface area contributed by atoms with Crippen LogP contribution in [0.5, 0.6) is 11.5 Å². The van der Waals surface area contributed by atoms with Crippen LogP contribution in [0.3, 0.4) is 0 Å². The Balaban J connectivity index is 2.41. The van der Waals surface area contributed by atoms with Crippen LogP contribution >= 0.6 is 0 Å². The fourth-order valence-corrected chi connectivity index (χ4v) is 1.78. The summed E-state index contributed by atoms with van der Waals surface area (Å²) in [5, 5.41) is 3.33. The Hall–Kier alpha value is -1.42. The van der Waals surface area contributed by atoms with Crippen LogP contribution in [0.2, 0.25) is 0 Å². The molecule has 1 aliphatic rings. The highest BCUT2D eigenvalue weighted by atomic mass is 16.5. The molecule has 82 valence electrons. The summed E-state index contributed by atoms with van der Waals surface area (Å²) in [5.41, 5.74) is 2.37. The van der Waals surface area contributed by atoms with Gasteiger partial charge in [-0.3, -0.25) is 4.90 Å². The first kappa shape index (κ1) is 10.1. The average molecular weight is 208 g/mol. The molecule has 2 rings (SSSR count). The minimum absolute atomic E-state index is 0.772. The van der Waals surface area contributed by atoms with Crippen molar-refractivity contribution in [3.63, 3.8) is 0 Å². The molecule has 4 nitrogen and oxygen atoms in total. The van der Waals surface area contributed by atoms with Crippen LogP contribution in [0.1, 0.15) is 5.56 Å². The molecule has 4 heteroatoms. The standard InChI is InChI=1S/C11H16N2O2/c1-13-6-8-4-10(14-2)11(15-3)5-9(8)12-7-13/h4-5,12H,6-7H2,1-3H3. The predicted molar refractivity (Wildman–Crippen MR) is 59.5 cm³/mol. The molecule has 0 saturated heterocycles. The van der Waals surface area contributed by atoms with Gasteiger partial charge in [-0.15, -0.1) is 0 Å². The van der Waals surface area contributed by atoms with Gasteiger partial charge in [0.15, 0.2) is 11.5 Å². The third-order valence-electron chi connectivity index (χ3n) is 2.59. The highest BCUT2D eigenvalue weighted by molar-refractivity contribution is 5.61. The molecule has 1 aromatic carbocycles. The molecular weight excluding hydrogens is 192 g/mol. The molecule has 0 amide bonds. The molecular formula is C11H16N2O2. The Labute approximate surface area is 89.8 Å². The maximum Gasteiger partial charge on any atom is 0.162 e. The fourth-order valence-electron chi connectivity index (χ4n) is 1.78. The van der Waals surface area contributed by atoms with Crippen molar-refractivity contribution >= 4 is 5.69 Å². The van der Waals surface area contributed by atoms with Gasteiger partial charge in [0.25, 0.3) is 0 Å². The van der Waals surface area contributed by atoms with Crippen molar-refractivity contribution in [3.05, 3.63) is 17.7 Å². The van der Waals surface area contributed by atoms with Crippen molar-refractivity contribution in [1.29, 1.82) is 0 Å². The Morgan fingerprint density at radius 3 is 2.53 bits per heavy atom. The van der Waals surface area contributed by atoms with Crippen LogP contribution in [-0.4, -0.2) is 32.8 Å². The normalized spacial score (nSPS) is 15.4. The van der Waals surface area contributed by atoms with Gasteiger partial charge in [-0.05, 0) is 18.7 Å². The number of hydrogen-bond donors (Lipinski definition) is 1. The molecule has 0 spiro atoms. The molecule has 1 heterocycles. The summed E-state index contributed by atoms with van der Waals surface area (Å²) in [6.07, 6.45) is 0. The van der Waals surface area contributed by atoms with Crippen LogP contribution in [0.4, 0.5) is 5.69 Å². The number of hydrogen-bond acceptors (Lipinski definition) is 4. The van der Waals surface area contributed by atoms with E-state index in [-0.39, 0.29) is 0 Å². The average Bonchev–Trinajstić information content (AvgIpc) is 2.27. The van der Waals surface area contributed by atoms with Gasteiger partial charge in [0.1, 0.15) is 0 Å². The van der Waals surface area contributed by atoms with Gasteiger partial charge in [0.2, 0.25) is 0 Å². The zero-order valence-electron chi connectivity index (χ0n) is 9.33. The molecule has 15 heavy (non-hydrogen) atoms. The van der Waals surface area contributed by atoms with Crippen molar-refractivity contribution in [1.82, 2.24) is 4.90 Å². The largest absolute Gasteiger partial charge is 0.493 e. The number of fused-ring (bicyclic) bond motifs is 1. The number of rotatable bonds is 2. The summed E-state index contributed by atoms with van der Waals surface area (Å²) >= 11 is 0. The van der Waals surface area contributed by atoms with Crippen LogP contribution in [0.25, 0.3) is 0 Å². The van der Waals surface area contributed by atoms with Crippen LogP contribution in [0.15, 0.2) is 12.1 Å². The van der Waals surface area contributed by atoms with Crippen molar-refractivity contribution in [3.8, 4) is 11.5 Å². The summed E-state index contributed by atoms with van der Waals surface area (Å²) < 4.78 is 10.5. The Morgan fingerprint density at radius 1 is 1.20 bits per heavy atom. The fraction of sp³-hybridized carbons (Fsp3) is 0.455. The first-order valence-electron chi connectivity index (χ1n) is 4.92. The van der Waals surface area contributed by atoms with Crippen molar-refractivity contribution in [2.24, 2.45) is 0 Å². The van der Waals surface area contributed by atoms with E-state index in [1.807, 2.05) is 12.1 Å². The summed E-state index contributed by atoms with van der Waals surface area (Å²) in [5.74, 6) is 1.56. The van der Waals surface area contributed by atoms with E-state index in [0.717, 1.165) is 30.4 Å². The number of nitrogens with one attached hydrogen (secondary N) is 1. The van der Waals surface area contributed by atoms with Crippen LogP contribution in [-0.2, 0) is 6.54 Å². The first-order chi connectivity index (χ1) is 7.24. The van der Waals surface area contributed by atoms with Gasteiger partial charge in [0.05, 0.1) is 20.9 Å². The summed E-state index contributed by atoms with van der Waals surface area (Å²) in [7, 11) is 5.38. The minimum atomic E-state index is 0.772. The number of nitrogens with zero attached hydrogens (tertiary/aromatic N) is 1. The van der Waals surface area contributed by atoms with E-state index in [9.17, 15) is 0 Å². The monoisotopic (exact) mass is 208 g/mol. The van der Waals surface area contributed by atoms with Gasteiger partial charge in [-0.1, -0.05) is 0 Å². The molecule has 0 radical (unpaired) electrons. The summed E-state index contributed by atoms with van der Waals surface area (Å²) in [6.45, 7) is 1.80. The zero-order valence-corrected chi connectivity index (χ0v) is 9.33. The van der Waals surface area contributed by atoms with Gasteiger partial charge < -0.3 is 14.8 Å². The summed E-state index contributed by atoms with van der Waals surface area (Å²) in [4.78, 5) is 2.20. The van der Waals surface area contributed by atoms with E-state index in [4.69, 9.17) is 9.47 Å². The van der Waals surface area contributed by atoms with E-state index in [2.05, 4.69) is 17.3 Å². The molecule has 0 atom stereocenters. The molecule has 1 aromatic rings. The second-order valence-corrected chi connectivity index (χ2v) is 3.71. The van der Waals surface area contributed by atoms with Gasteiger partial charge >= 0.3 is 0 Å². The van der Waals surface area contributed by atoms with Gasteiger partial charge in [0, 0.05) is 18.3 Å². The molecule has 0 aromatic heterocycles. The second kappa shape index (κ2) is 3.98. The van der Waals surface area contributed by atoms with Crippen molar-refractivity contribution < 1.29 is 9.47 Å². The Bertz CT molecular complexity index is 366. The van der Waals surface area contributed by atoms with E-state index >= 15 is 0 Å². The third kappa shape index (κ3) is 1.85. The zero-order chi connectivity index (χ0) is 10.8. The number of anilines is 1. The predicted octanol–water partition coefficient (Wildman–Crippen LogP) is 1.52. The molecule has 0 aliphatic carbocycles. The highest BCUT2D eigenvalue weighted by Gasteiger charge is 2.16. The second-order valence-electron chi connectivity index (χ2n) is 3.71. The maximum atomic E-state index is 5.27. The molecule has 0 bridgehead atoms. The van der Waals surface area contributed by atoms with Crippen LogP contribution < -0.4 is 14.8 Å². The third-order valence-corrected chi connectivity index (χ3v) is 2.59. The Morgan fingerprint density at radius 2 is 1.87 bits per heavy atom. The lowest BCUT2D eigenvalue weighted by atomic mass is 10.1. The van der Waals surface area contributed by atoms with E-state index in [1.54, 1.807) is 14.2 Å². The summed E-state index contributed by atoms with van der Waals surface area (Å²) in [6, 6.07) is 4.01. The Kier molecular flexibility index (Phi) is 2.68. The minimum Gasteiger partial charge on any atom is -0.493 e. The van der Waals surface area contributed by atoms with E-state index in [0.29, 0.717) is 0 Å². The van der Waals surface area contributed by atoms with E-state index < -0.39 is 0 Å².